The minimum absolute atomic E-state index is 0.139. The number of rotatable bonds is 3. The van der Waals surface area contributed by atoms with E-state index in [1.807, 2.05) is 30.3 Å². The minimum atomic E-state index is 0.139. The zero-order chi connectivity index (χ0) is 18.8. The maximum Gasteiger partial charge on any atom is 0.219 e. The summed E-state index contributed by atoms with van der Waals surface area (Å²) in [5.74, 6) is 0.941. The Hall–Kier alpha value is -2.83. The van der Waals surface area contributed by atoms with Gasteiger partial charge in [0.1, 0.15) is 6.61 Å². The van der Waals surface area contributed by atoms with E-state index in [0.29, 0.717) is 30.5 Å². The second kappa shape index (κ2) is 7.42. The van der Waals surface area contributed by atoms with E-state index in [4.69, 9.17) is 22.1 Å². The van der Waals surface area contributed by atoms with Crippen molar-refractivity contribution in [2.75, 3.05) is 18.9 Å². The van der Waals surface area contributed by atoms with Crippen LogP contribution in [-0.4, -0.2) is 33.1 Å². The smallest absolute Gasteiger partial charge is 0.219 e. The van der Waals surface area contributed by atoms with Crippen LogP contribution in [0.15, 0.2) is 48.8 Å². The molecule has 2 aromatic carbocycles. The van der Waals surface area contributed by atoms with Gasteiger partial charge in [-0.15, -0.1) is 0 Å². The van der Waals surface area contributed by atoms with Crippen LogP contribution in [0, 0.1) is 0 Å². The number of phenolic OH excluding ortho intramolecular Hbond substituents is 1. The van der Waals surface area contributed by atoms with E-state index >= 15 is 0 Å². The molecular formula is C20H19ClN4O2. The number of benzene rings is 2. The molecule has 138 valence electrons. The summed E-state index contributed by atoms with van der Waals surface area (Å²) in [6.07, 6.45) is 3.46. The lowest BCUT2D eigenvalue weighted by atomic mass is 10.0. The van der Waals surface area contributed by atoms with Crippen molar-refractivity contribution in [3.05, 3.63) is 64.9 Å². The van der Waals surface area contributed by atoms with Gasteiger partial charge in [0, 0.05) is 48.2 Å². The van der Waals surface area contributed by atoms with E-state index in [0.717, 1.165) is 28.8 Å². The molecule has 3 N–H and O–H groups in total. The van der Waals surface area contributed by atoms with Gasteiger partial charge in [-0.3, -0.25) is 4.90 Å². The third-order valence-electron chi connectivity index (χ3n) is 4.48. The average Bonchev–Trinajstić information content (AvgIpc) is 2.86. The molecule has 4 rings (SSSR count). The van der Waals surface area contributed by atoms with Gasteiger partial charge in [-0.1, -0.05) is 23.7 Å². The Morgan fingerprint density at radius 2 is 1.96 bits per heavy atom. The summed E-state index contributed by atoms with van der Waals surface area (Å²) >= 11 is 6.11. The number of ether oxygens (including phenoxy) is 1. The Labute approximate surface area is 162 Å². The van der Waals surface area contributed by atoms with E-state index in [-0.39, 0.29) is 11.7 Å². The number of hydrogen-bond donors (Lipinski definition) is 2. The number of nitrogens with zero attached hydrogens (tertiary/aromatic N) is 3. The van der Waals surface area contributed by atoms with Crippen LogP contribution in [0.2, 0.25) is 5.02 Å². The maximum atomic E-state index is 10.5. The van der Waals surface area contributed by atoms with Gasteiger partial charge >= 0.3 is 0 Å². The largest absolute Gasteiger partial charge is 0.504 e. The number of aromatic nitrogens is 2. The van der Waals surface area contributed by atoms with Gasteiger partial charge in [0.05, 0.1) is 0 Å². The highest BCUT2D eigenvalue weighted by molar-refractivity contribution is 6.30. The molecule has 1 aliphatic rings. The minimum Gasteiger partial charge on any atom is -0.504 e. The lowest BCUT2D eigenvalue weighted by molar-refractivity contribution is 0.217. The van der Waals surface area contributed by atoms with Crippen molar-refractivity contribution >= 4 is 17.5 Å². The van der Waals surface area contributed by atoms with Crippen LogP contribution in [0.25, 0.3) is 11.1 Å². The molecule has 0 saturated heterocycles. The number of fused-ring (bicyclic) bond motifs is 1. The molecule has 0 amide bonds. The standard InChI is InChI=1S/C20H19ClN4O2/c21-17-3-1-2-14(7-17)15-6-16-12-25(4-5-27-19(16)18(26)8-15)11-13-9-23-20(22)24-10-13/h1-3,6-10,26H,4-5,11-12H2,(H2,22,23,24). The number of nitrogen functional groups attached to an aromatic ring is 1. The van der Waals surface area contributed by atoms with E-state index < -0.39 is 0 Å². The van der Waals surface area contributed by atoms with Gasteiger partial charge in [0.25, 0.3) is 0 Å². The molecule has 0 radical (unpaired) electrons. The van der Waals surface area contributed by atoms with Gasteiger partial charge in [0.15, 0.2) is 11.5 Å². The molecule has 3 aromatic rings. The van der Waals surface area contributed by atoms with Crippen LogP contribution >= 0.6 is 11.6 Å². The first-order chi connectivity index (χ1) is 13.1. The van der Waals surface area contributed by atoms with Crippen LogP contribution < -0.4 is 10.5 Å². The zero-order valence-electron chi connectivity index (χ0n) is 14.6. The summed E-state index contributed by atoms with van der Waals surface area (Å²) < 4.78 is 5.81. The number of nitrogens with two attached hydrogens (primary N) is 1. The monoisotopic (exact) mass is 382 g/mol. The summed E-state index contributed by atoms with van der Waals surface area (Å²) in [7, 11) is 0. The number of halogens is 1. The quantitative estimate of drug-likeness (QED) is 0.721. The molecule has 7 heteroatoms. The molecule has 0 unspecified atom stereocenters. The summed E-state index contributed by atoms with van der Waals surface area (Å²) in [6, 6.07) is 11.3. The Kier molecular flexibility index (Phi) is 4.83. The predicted octanol–water partition coefficient (Wildman–Crippen LogP) is 3.48. The molecule has 1 aliphatic heterocycles. The molecule has 0 fully saturated rings. The Morgan fingerprint density at radius 3 is 2.74 bits per heavy atom. The zero-order valence-corrected chi connectivity index (χ0v) is 15.4. The van der Waals surface area contributed by atoms with E-state index in [9.17, 15) is 5.11 Å². The Morgan fingerprint density at radius 1 is 1.15 bits per heavy atom. The molecule has 0 spiro atoms. The van der Waals surface area contributed by atoms with Crippen LogP contribution in [0.4, 0.5) is 5.95 Å². The van der Waals surface area contributed by atoms with Gasteiger partial charge in [-0.2, -0.15) is 0 Å². The van der Waals surface area contributed by atoms with Crippen molar-refractivity contribution in [1.82, 2.24) is 14.9 Å². The van der Waals surface area contributed by atoms with Crippen LogP contribution in [0.3, 0.4) is 0 Å². The molecule has 0 atom stereocenters. The highest BCUT2D eigenvalue weighted by atomic mass is 35.5. The highest BCUT2D eigenvalue weighted by Crippen LogP contribution is 2.38. The lowest BCUT2D eigenvalue weighted by Gasteiger charge is -2.19. The number of hydrogen-bond acceptors (Lipinski definition) is 6. The fraction of sp³-hybridized carbons (Fsp3) is 0.200. The first-order valence-electron chi connectivity index (χ1n) is 8.62. The van der Waals surface area contributed by atoms with Crippen LogP contribution in [0.1, 0.15) is 11.1 Å². The van der Waals surface area contributed by atoms with E-state index in [1.54, 1.807) is 18.5 Å². The van der Waals surface area contributed by atoms with Crippen molar-refractivity contribution in [2.45, 2.75) is 13.1 Å². The van der Waals surface area contributed by atoms with Crippen molar-refractivity contribution in [3.8, 4) is 22.6 Å². The average molecular weight is 383 g/mol. The van der Waals surface area contributed by atoms with Gasteiger partial charge in [-0.05, 0) is 35.4 Å². The van der Waals surface area contributed by atoms with Crippen LogP contribution in [-0.2, 0) is 13.1 Å². The second-order valence-electron chi connectivity index (χ2n) is 6.50. The number of phenols is 1. The summed E-state index contributed by atoms with van der Waals surface area (Å²) in [4.78, 5) is 10.3. The Balaban J connectivity index is 1.63. The number of aromatic hydroxyl groups is 1. The van der Waals surface area contributed by atoms with Crippen LogP contribution in [0.5, 0.6) is 11.5 Å². The normalized spacial score (nSPS) is 14.3. The molecule has 0 bridgehead atoms. The fourth-order valence-electron chi connectivity index (χ4n) is 3.23. The van der Waals surface area contributed by atoms with Gasteiger partial charge in [0.2, 0.25) is 5.95 Å². The fourth-order valence-corrected chi connectivity index (χ4v) is 3.42. The van der Waals surface area contributed by atoms with Crippen molar-refractivity contribution in [2.24, 2.45) is 0 Å². The molecule has 1 aromatic heterocycles. The third-order valence-corrected chi connectivity index (χ3v) is 4.72. The van der Waals surface area contributed by atoms with Gasteiger partial charge in [-0.25, -0.2) is 9.97 Å². The second-order valence-corrected chi connectivity index (χ2v) is 6.94. The molecule has 0 saturated carbocycles. The van der Waals surface area contributed by atoms with E-state index in [2.05, 4.69) is 14.9 Å². The summed E-state index contributed by atoms with van der Waals surface area (Å²) in [6.45, 7) is 2.53. The van der Waals surface area contributed by atoms with Gasteiger partial charge < -0.3 is 15.6 Å². The molecular weight excluding hydrogens is 364 g/mol. The predicted molar refractivity (Wildman–Crippen MR) is 105 cm³/mol. The van der Waals surface area contributed by atoms with Crippen molar-refractivity contribution < 1.29 is 9.84 Å². The first-order valence-corrected chi connectivity index (χ1v) is 8.99. The van der Waals surface area contributed by atoms with Crippen molar-refractivity contribution in [3.63, 3.8) is 0 Å². The molecule has 6 nitrogen and oxygen atoms in total. The molecule has 0 aliphatic carbocycles. The topological polar surface area (TPSA) is 84.5 Å². The van der Waals surface area contributed by atoms with E-state index in [1.165, 1.54) is 0 Å². The van der Waals surface area contributed by atoms with Crippen molar-refractivity contribution in [1.29, 1.82) is 0 Å². The maximum absolute atomic E-state index is 10.5. The summed E-state index contributed by atoms with van der Waals surface area (Å²) in [5, 5.41) is 11.1. The molecule has 27 heavy (non-hydrogen) atoms. The first kappa shape index (κ1) is 17.6. The number of anilines is 1. The summed E-state index contributed by atoms with van der Waals surface area (Å²) in [5.41, 5.74) is 9.30. The Bertz CT molecular complexity index is 963. The lowest BCUT2D eigenvalue weighted by Crippen LogP contribution is -2.25. The molecule has 2 heterocycles. The third kappa shape index (κ3) is 3.97. The SMILES string of the molecule is Nc1ncc(CN2CCOc3c(O)cc(-c4cccc(Cl)c4)cc3C2)cn1. The highest BCUT2D eigenvalue weighted by Gasteiger charge is 2.20.